The molecule has 0 saturated carbocycles. The molecular formula is C15H26N2O3S. The number of carbonyl (C=O) groups excluding carboxylic acids is 1. The average molecular weight is 314 g/mol. The fourth-order valence-electron chi connectivity index (χ4n) is 1.97. The maximum Gasteiger partial charge on any atom is 0.407 e. The van der Waals surface area contributed by atoms with Crippen molar-refractivity contribution in [3.63, 3.8) is 0 Å². The van der Waals surface area contributed by atoms with E-state index >= 15 is 0 Å². The predicted molar refractivity (Wildman–Crippen MR) is 84.4 cm³/mol. The van der Waals surface area contributed by atoms with Crippen LogP contribution in [0, 0.1) is 11.3 Å². The molecule has 1 aromatic rings. The zero-order valence-electron chi connectivity index (χ0n) is 13.5. The largest absolute Gasteiger partial charge is 0.444 e. The summed E-state index contributed by atoms with van der Waals surface area (Å²) in [7, 11) is 0. The Morgan fingerprint density at radius 2 is 2.14 bits per heavy atom. The number of hydrogen-bond donors (Lipinski definition) is 2. The van der Waals surface area contributed by atoms with E-state index in [0.717, 1.165) is 5.01 Å². The van der Waals surface area contributed by atoms with Gasteiger partial charge in [0, 0.05) is 30.0 Å². The standard InChI is InChI=1S/C15H26N2O3S/c1-11(2)15(10-18,8-12-16-6-7-21-12)9-17-13(19)20-14(3,4)5/h6-7,11,18H,8-10H2,1-5H3,(H,17,19). The van der Waals surface area contributed by atoms with Crippen LogP contribution in [0.1, 0.15) is 39.6 Å². The molecule has 0 aliphatic carbocycles. The Labute approximate surface area is 130 Å². The summed E-state index contributed by atoms with van der Waals surface area (Å²) >= 11 is 1.56. The van der Waals surface area contributed by atoms with Crippen molar-refractivity contribution in [1.29, 1.82) is 0 Å². The van der Waals surface area contributed by atoms with Crippen LogP contribution in [0.25, 0.3) is 0 Å². The SMILES string of the molecule is CC(C)C(CO)(CNC(=O)OC(C)(C)C)Cc1nccs1. The van der Waals surface area contributed by atoms with E-state index in [-0.39, 0.29) is 12.5 Å². The Kier molecular flexibility index (Phi) is 6.16. The monoisotopic (exact) mass is 314 g/mol. The van der Waals surface area contributed by atoms with Crippen molar-refractivity contribution in [1.82, 2.24) is 10.3 Å². The van der Waals surface area contributed by atoms with E-state index in [1.807, 2.05) is 40.0 Å². The Bertz CT molecular complexity index is 440. The van der Waals surface area contributed by atoms with E-state index in [2.05, 4.69) is 10.3 Å². The molecule has 0 aliphatic rings. The molecular weight excluding hydrogens is 288 g/mol. The zero-order valence-corrected chi connectivity index (χ0v) is 14.3. The Morgan fingerprint density at radius 1 is 1.48 bits per heavy atom. The number of alkyl carbamates (subject to hydrolysis) is 1. The minimum Gasteiger partial charge on any atom is -0.444 e. The number of aliphatic hydroxyl groups is 1. The van der Waals surface area contributed by atoms with Gasteiger partial charge in [0.25, 0.3) is 0 Å². The Balaban J connectivity index is 2.72. The highest BCUT2D eigenvalue weighted by atomic mass is 32.1. The number of amides is 1. The minimum atomic E-state index is -0.529. The summed E-state index contributed by atoms with van der Waals surface area (Å²) in [6, 6.07) is 0. The molecule has 0 bridgehead atoms. The Morgan fingerprint density at radius 3 is 2.57 bits per heavy atom. The highest BCUT2D eigenvalue weighted by Crippen LogP contribution is 2.31. The van der Waals surface area contributed by atoms with E-state index in [4.69, 9.17) is 4.74 Å². The number of thiazole rings is 1. The molecule has 6 heteroatoms. The Hall–Kier alpha value is -1.14. The highest BCUT2D eigenvalue weighted by molar-refractivity contribution is 7.09. The fraction of sp³-hybridized carbons (Fsp3) is 0.733. The molecule has 0 spiro atoms. The lowest BCUT2D eigenvalue weighted by Crippen LogP contribution is -2.46. The van der Waals surface area contributed by atoms with E-state index < -0.39 is 17.1 Å². The molecule has 1 unspecified atom stereocenters. The van der Waals surface area contributed by atoms with Gasteiger partial charge in [-0.1, -0.05) is 13.8 Å². The summed E-state index contributed by atoms with van der Waals surface area (Å²) in [5.41, 5.74) is -0.964. The molecule has 1 aromatic heterocycles. The molecule has 0 aromatic carbocycles. The van der Waals surface area contributed by atoms with Crippen LogP contribution in [0.2, 0.25) is 0 Å². The van der Waals surface area contributed by atoms with E-state index in [1.165, 1.54) is 0 Å². The van der Waals surface area contributed by atoms with Crippen LogP contribution in [-0.2, 0) is 11.2 Å². The second kappa shape index (κ2) is 7.22. The molecule has 2 N–H and O–H groups in total. The van der Waals surface area contributed by atoms with Gasteiger partial charge >= 0.3 is 6.09 Å². The molecule has 0 radical (unpaired) electrons. The van der Waals surface area contributed by atoms with Gasteiger partial charge in [0.05, 0.1) is 11.6 Å². The van der Waals surface area contributed by atoms with Crippen molar-refractivity contribution in [2.24, 2.45) is 11.3 Å². The van der Waals surface area contributed by atoms with Crippen LogP contribution in [0.5, 0.6) is 0 Å². The summed E-state index contributed by atoms with van der Waals surface area (Å²) in [6.07, 6.45) is 1.93. The normalized spacial score (nSPS) is 14.8. The lowest BCUT2D eigenvalue weighted by Gasteiger charge is -2.35. The van der Waals surface area contributed by atoms with Crippen LogP contribution in [0.4, 0.5) is 4.79 Å². The van der Waals surface area contributed by atoms with Gasteiger partial charge in [0.15, 0.2) is 0 Å². The van der Waals surface area contributed by atoms with E-state index in [0.29, 0.717) is 13.0 Å². The third-order valence-electron chi connectivity index (χ3n) is 3.51. The van der Waals surface area contributed by atoms with Gasteiger partial charge < -0.3 is 15.2 Å². The molecule has 1 amide bonds. The minimum absolute atomic E-state index is 0.0138. The number of nitrogens with one attached hydrogen (secondary N) is 1. The second-order valence-corrected chi connectivity index (χ2v) is 7.61. The molecule has 0 aliphatic heterocycles. The molecule has 5 nitrogen and oxygen atoms in total. The summed E-state index contributed by atoms with van der Waals surface area (Å²) < 4.78 is 5.25. The lowest BCUT2D eigenvalue weighted by atomic mass is 9.75. The molecule has 21 heavy (non-hydrogen) atoms. The van der Waals surface area contributed by atoms with Crippen molar-refractivity contribution < 1.29 is 14.6 Å². The van der Waals surface area contributed by atoms with Gasteiger partial charge in [-0.05, 0) is 26.7 Å². The van der Waals surface area contributed by atoms with Crippen LogP contribution in [0.15, 0.2) is 11.6 Å². The molecule has 120 valence electrons. The molecule has 1 atom stereocenters. The van der Waals surface area contributed by atoms with Crippen LogP contribution in [0.3, 0.4) is 0 Å². The van der Waals surface area contributed by atoms with Gasteiger partial charge in [-0.15, -0.1) is 11.3 Å². The molecule has 1 rings (SSSR count). The third-order valence-corrected chi connectivity index (χ3v) is 4.29. The first-order chi connectivity index (χ1) is 9.68. The van der Waals surface area contributed by atoms with Gasteiger partial charge in [-0.25, -0.2) is 9.78 Å². The van der Waals surface area contributed by atoms with Crippen molar-refractivity contribution in [2.75, 3.05) is 13.2 Å². The quantitative estimate of drug-likeness (QED) is 0.847. The number of ether oxygens (including phenoxy) is 1. The van der Waals surface area contributed by atoms with E-state index in [9.17, 15) is 9.90 Å². The first-order valence-electron chi connectivity index (χ1n) is 7.14. The van der Waals surface area contributed by atoms with Gasteiger partial charge in [-0.3, -0.25) is 0 Å². The van der Waals surface area contributed by atoms with Gasteiger partial charge in [0.1, 0.15) is 5.60 Å². The number of nitrogens with zero attached hydrogens (tertiary/aromatic N) is 1. The fourth-order valence-corrected chi connectivity index (χ4v) is 2.74. The second-order valence-electron chi connectivity index (χ2n) is 6.63. The average Bonchev–Trinajstić information content (AvgIpc) is 2.84. The van der Waals surface area contributed by atoms with Crippen molar-refractivity contribution in [3.05, 3.63) is 16.6 Å². The van der Waals surface area contributed by atoms with Gasteiger partial charge in [0.2, 0.25) is 0 Å². The summed E-state index contributed by atoms with van der Waals surface area (Å²) in [5, 5.41) is 15.5. The number of carbonyl (C=O) groups is 1. The van der Waals surface area contributed by atoms with E-state index in [1.54, 1.807) is 17.5 Å². The topological polar surface area (TPSA) is 71.5 Å². The van der Waals surface area contributed by atoms with Crippen molar-refractivity contribution >= 4 is 17.4 Å². The van der Waals surface area contributed by atoms with Crippen LogP contribution in [-0.4, -0.2) is 34.9 Å². The molecule has 0 saturated heterocycles. The first kappa shape index (κ1) is 17.9. The highest BCUT2D eigenvalue weighted by Gasteiger charge is 2.35. The number of aromatic nitrogens is 1. The molecule has 1 heterocycles. The maximum atomic E-state index is 11.8. The number of hydrogen-bond acceptors (Lipinski definition) is 5. The lowest BCUT2D eigenvalue weighted by molar-refractivity contribution is 0.0394. The summed E-state index contributed by atoms with van der Waals surface area (Å²) in [5.74, 6) is 0.196. The van der Waals surface area contributed by atoms with Gasteiger partial charge in [-0.2, -0.15) is 0 Å². The number of aliphatic hydroxyl groups excluding tert-OH is 1. The third kappa shape index (κ3) is 5.63. The smallest absolute Gasteiger partial charge is 0.407 e. The van der Waals surface area contributed by atoms with Crippen molar-refractivity contribution in [3.8, 4) is 0 Å². The number of rotatable bonds is 6. The van der Waals surface area contributed by atoms with Crippen LogP contribution < -0.4 is 5.32 Å². The predicted octanol–water partition coefficient (Wildman–Crippen LogP) is 2.85. The summed E-state index contributed by atoms with van der Waals surface area (Å²) in [6.45, 7) is 9.90. The molecule has 0 fully saturated rings. The van der Waals surface area contributed by atoms with Crippen LogP contribution >= 0.6 is 11.3 Å². The first-order valence-corrected chi connectivity index (χ1v) is 8.02. The zero-order chi connectivity index (χ0) is 16.1. The van der Waals surface area contributed by atoms with Crippen molar-refractivity contribution in [2.45, 2.75) is 46.6 Å². The maximum absolute atomic E-state index is 11.8. The summed E-state index contributed by atoms with van der Waals surface area (Å²) in [4.78, 5) is 16.1.